The zero-order valence-corrected chi connectivity index (χ0v) is 20.7. The molecule has 0 fully saturated rings. The Labute approximate surface area is 198 Å². The number of benzene rings is 2. The van der Waals surface area contributed by atoms with Crippen molar-refractivity contribution in [2.75, 3.05) is 0 Å². The number of carboxylic acid groups (broad SMARTS) is 1. The molecule has 3 unspecified atom stereocenters. The summed E-state index contributed by atoms with van der Waals surface area (Å²) in [6, 6.07) is 15.4. The first-order chi connectivity index (χ1) is 15.6. The van der Waals surface area contributed by atoms with E-state index >= 15 is 0 Å². The highest BCUT2D eigenvalue weighted by Crippen LogP contribution is 2.26. The summed E-state index contributed by atoms with van der Waals surface area (Å²) in [4.78, 5) is 11.9. The summed E-state index contributed by atoms with van der Waals surface area (Å²) in [5.74, 6) is -0.559. The summed E-state index contributed by atoms with van der Waals surface area (Å²) in [5.41, 5.74) is 6.01. The number of unbranched alkanes of at least 4 members (excludes halogenated alkanes) is 2. The molecule has 6 nitrogen and oxygen atoms in total. The van der Waals surface area contributed by atoms with Gasteiger partial charge in [0.25, 0.3) is 0 Å². The Hall–Kier alpha value is -2.38. The van der Waals surface area contributed by atoms with Crippen LogP contribution < -0.4 is 10.5 Å². The quantitative estimate of drug-likeness (QED) is 0.372. The maximum absolute atomic E-state index is 13.3. The Balaban J connectivity index is 2.15. The molecule has 2 aromatic rings. The van der Waals surface area contributed by atoms with Crippen molar-refractivity contribution in [3.05, 3.63) is 60.2 Å². The van der Waals surface area contributed by atoms with E-state index in [2.05, 4.69) is 6.92 Å². The van der Waals surface area contributed by atoms with Crippen molar-refractivity contribution in [1.82, 2.24) is 0 Å². The third-order valence-electron chi connectivity index (χ3n) is 6.07. The van der Waals surface area contributed by atoms with Crippen LogP contribution in [0.4, 0.5) is 0 Å². The van der Waals surface area contributed by atoms with Gasteiger partial charge in [-0.05, 0) is 62.4 Å². The van der Waals surface area contributed by atoms with E-state index < -0.39 is 26.7 Å². The summed E-state index contributed by atoms with van der Waals surface area (Å²) in [7, 11) is -3.48. The van der Waals surface area contributed by atoms with E-state index in [4.69, 9.17) is 10.5 Å². The average molecular weight is 476 g/mol. The number of aliphatic carboxylic acids is 1. The largest absolute Gasteiger partial charge is 0.478 e. The lowest BCUT2D eigenvalue weighted by molar-refractivity contribution is -0.154. The van der Waals surface area contributed by atoms with Crippen molar-refractivity contribution in [1.29, 1.82) is 0 Å². The molecule has 0 aliphatic carbocycles. The Morgan fingerprint density at radius 2 is 1.79 bits per heavy atom. The predicted molar refractivity (Wildman–Crippen MR) is 131 cm³/mol. The fourth-order valence-electron chi connectivity index (χ4n) is 3.81. The molecule has 2 rings (SSSR count). The van der Waals surface area contributed by atoms with E-state index in [0.717, 1.165) is 24.8 Å². The first kappa shape index (κ1) is 26.9. The average Bonchev–Trinajstić information content (AvgIpc) is 2.79. The lowest BCUT2D eigenvalue weighted by atomic mass is 9.99. The SMILES string of the molecule is CCCCCC(CC(N)Cc1cccc(OC(C)(CC)C(=O)O)c1)S(=O)(=O)c1ccccc1. The number of hydrogen-bond donors (Lipinski definition) is 2. The van der Waals surface area contributed by atoms with Gasteiger partial charge in [-0.1, -0.05) is 63.4 Å². The molecule has 0 saturated carbocycles. The molecule has 7 heteroatoms. The molecule has 0 saturated heterocycles. The highest BCUT2D eigenvalue weighted by atomic mass is 32.2. The van der Waals surface area contributed by atoms with E-state index in [1.54, 1.807) is 62.4 Å². The van der Waals surface area contributed by atoms with Gasteiger partial charge in [-0.25, -0.2) is 13.2 Å². The molecule has 3 atom stereocenters. The molecule has 0 aliphatic heterocycles. The van der Waals surface area contributed by atoms with Gasteiger partial charge in [0.1, 0.15) is 5.75 Å². The molecule has 0 radical (unpaired) electrons. The minimum Gasteiger partial charge on any atom is -0.478 e. The lowest BCUT2D eigenvalue weighted by Crippen LogP contribution is -2.40. The van der Waals surface area contributed by atoms with Gasteiger partial charge in [-0.2, -0.15) is 0 Å². The second-order valence-corrected chi connectivity index (χ2v) is 11.0. The van der Waals surface area contributed by atoms with Gasteiger partial charge in [0.15, 0.2) is 9.84 Å². The molecule has 182 valence electrons. The molecule has 0 aromatic heterocycles. The first-order valence-electron chi connectivity index (χ1n) is 11.7. The van der Waals surface area contributed by atoms with E-state index in [-0.39, 0.29) is 6.04 Å². The van der Waals surface area contributed by atoms with Gasteiger partial charge < -0.3 is 15.6 Å². The topological polar surface area (TPSA) is 107 Å². The molecule has 0 aliphatic rings. The van der Waals surface area contributed by atoms with Crippen LogP contribution in [-0.4, -0.2) is 36.4 Å². The van der Waals surface area contributed by atoms with E-state index in [1.165, 1.54) is 0 Å². The van der Waals surface area contributed by atoms with Crippen molar-refractivity contribution < 1.29 is 23.1 Å². The smallest absolute Gasteiger partial charge is 0.347 e. The number of nitrogens with two attached hydrogens (primary N) is 1. The number of rotatable bonds is 14. The summed E-state index contributed by atoms with van der Waals surface area (Å²) >= 11 is 0. The van der Waals surface area contributed by atoms with Crippen LogP contribution in [0.1, 0.15) is 64.9 Å². The number of sulfone groups is 1. The molecule has 0 spiro atoms. The molecule has 2 aromatic carbocycles. The molecule has 33 heavy (non-hydrogen) atoms. The number of hydrogen-bond acceptors (Lipinski definition) is 5. The maximum Gasteiger partial charge on any atom is 0.347 e. The molecule has 0 amide bonds. The highest BCUT2D eigenvalue weighted by molar-refractivity contribution is 7.92. The van der Waals surface area contributed by atoms with Crippen LogP contribution in [0.25, 0.3) is 0 Å². The predicted octanol–water partition coefficient (Wildman–Crippen LogP) is 5.00. The molecular formula is C26H37NO5S. The van der Waals surface area contributed by atoms with E-state index in [0.29, 0.717) is 36.3 Å². The van der Waals surface area contributed by atoms with Crippen molar-refractivity contribution in [3.63, 3.8) is 0 Å². The molecule has 0 bridgehead atoms. The standard InChI is InChI=1S/C26H37NO5S/c1-4-6-8-16-24(33(30,31)23-14-9-7-10-15-23)19-21(27)17-20-12-11-13-22(18-20)32-26(3,5-2)25(28)29/h7,9-15,18,21,24H,4-6,8,16-17,19,27H2,1-3H3,(H,28,29). The van der Waals surface area contributed by atoms with Crippen LogP contribution in [0.2, 0.25) is 0 Å². The van der Waals surface area contributed by atoms with Crippen molar-refractivity contribution in [3.8, 4) is 5.75 Å². The zero-order valence-electron chi connectivity index (χ0n) is 19.9. The van der Waals surface area contributed by atoms with Crippen molar-refractivity contribution in [2.24, 2.45) is 5.73 Å². The molecule has 3 N–H and O–H groups in total. The maximum atomic E-state index is 13.3. The zero-order chi connectivity index (χ0) is 24.5. The number of carboxylic acids is 1. The van der Waals surface area contributed by atoms with Gasteiger partial charge in [-0.15, -0.1) is 0 Å². The van der Waals surface area contributed by atoms with E-state index in [1.807, 2.05) is 6.07 Å². The minimum atomic E-state index is -3.48. The van der Waals surface area contributed by atoms with Crippen LogP contribution >= 0.6 is 0 Å². The molecular weight excluding hydrogens is 438 g/mol. The Morgan fingerprint density at radius 1 is 1.09 bits per heavy atom. The normalized spacial score (nSPS) is 15.4. The fraction of sp³-hybridized carbons (Fsp3) is 0.500. The molecule has 0 heterocycles. The van der Waals surface area contributed by atoms with Crippen LogP contribution in [0.3, 0.4) is 0 Å². The summed E-state index contributed by atoms with van der Waals surface area (Å²) in [6.07, 6.45) is 4.57. The van der Waals surface area contributed by atoms with Gasteiger partial charge >= 0.3 is 5.97 Å². The van der Waals surface area contributed by atoms with Crippen molar-refractivity contribution in [2.45, 2.75) is 87.5 Å². The van der Waals surface area contributed by atoms with Crippen LogP contribution in [0, 0.1) is 0 Å². The van der Waals surface area contributed by atoms with Gasteiger partial charge in [-0.3, -0.25) is 0 Å². The van der Waals surface area contributed by atoms with E-state index in [9.17, 15) is 18.3 Å². The second kappa shape index (κ2) is 12.2. The van der Waals surface area contributed by atoms with Crippen LogP contribution in [-0.2, 0) is 21.1 Å². The lowest BCUT2D eigenvalue weighted by Gasteiger charge is -2.25. The third kappa shape index (κ3) is 7.57. The first-order valence-corrected chi connectivity index (χ1v) is 13.2. The van der Waals surface area contributed by atoms with Gasteiger partial charge in [0.05, 0.1) is 10.1 Å². The summed E-state index contributed by atoms with van der Waals surface area (Å²) in [6.45, 7) is 5.40. The fourth-order valence-corrected chi connectivity index (χ4v) is 5.71. The Kier molecular flexibility index (Phi) is 9.92. The highest BCUT2D eigenvalue weighted by Gasteiger charge is 2.33. The Morgan fingerprint density at radius 3 is 2.39 bits per heavy atom. The van der Waals surface area contributed by atoms with Crippen LogP contribution in [0.15, 0.2) is 59.5 Å². The number of carbonyl (C=O) groups is 1. The third-order valence-corrected chi connectivity index (χ3v) is 8.31. The van der Waals surface area contributed by atoms with Gasteiger partial charge in [0.2, 0.25) is 5.60 Å². The Bertz CT molecular complexity index is 993. The van der Waals surface area contributed by atoms with Crippen LogP contribution in [0.5, 0.6) is 5.75 Å². The second-order valence-electron chi connectivity index (χ2n) is 8.81. The summed E-state index contributed by atoms with van der Waals surface area (Å²) < 4.78 is 32.3. The van der Waals surface area contributed by atoms with Crippen molar-refractivity contribution >= 4 is 15.8 Å². The number of ether oxygens (including phenoxy) is 1. The summed E-state index contributed by atoms with van der Waals surface area (Å²) in [5, 5.41) is 8.92. The monoisotopic (exact) mass is 475 g/mol. The van der Waals surface area contributed by atoms with Gasteiger partial charge in [0, 0.05) is 6.04 Å². The minimum absolute atomic E-state index is 0.322.